The Hall–Kier alpha value is -1.94. The number of hydrogen-bond donors (Lipinski definition) is 3. The van der Waals surface area contributed by atoms with Gasteiger partial charge in [-0.2, -0.15) is 0 Å². The van der Waals surface area contributed by atoms with Crippen molar-refractivity contribution in [3.8, 4) is 0 Å². The van der Waals surface area contributed by atoms with E-state index in [0.717, 1.165) is 108 Å². The van der Waals surface area contributed by atoms with Crippen LogP contribution < -0.4 is 0 Å². The first-order valence-corrected chi connectivity index (χ1v) is 37.9. The van der Waals surface area contributed by atoms with E-state index in [9.17, 15) is 43.2 Å². The Morgan fingerprint density at radius 2 is 0.593 bits per heavy atom. The van der Waals surface area contributed by atoms with E-state index in [1.54, 1.807) is 0 Å². The van der Waals surface area contributed by atoms with Crippen molar-refractivity contribution in [1.82, 2.24) is 0 Å². The molecule has 86 heavy (non-hydrogen) atoms. The zero-order chi connectivity index (χ0) is 63.8. The van der Waals surface area contributed by atoms with Crippen LogP contribution in [0.3, 0.4) is 0 Å². The van der Waals surface area contributed by atoms with Gasteiger partial charge in [-0.15, -0.1) is 0 Å². The fraction of sp³-hybridized carbons (Fsp3) is 0.940. The highest BCUT2D eigenvalue weighted by molar-refractivity contribution is 7.47. The smallest absolute Gasteiger partial charge is 0.462 e. The average Bonchev–Trinajstić information content (AvgIpc) is 3.62. The molecular formula is C67H130O17P2. The summed E-state index contributed by atoms with van der Waals surface area (Å²) in [7, 11) is -9.89. The fourth-order valence-electron chi connectivity index (χ4n) is 9.98. The van der Waals surface area contributed by atoms with Crippen molar-refractivity contribution in [2.24, 2.45) is 17.8 Å². The molecule has 0 aliphatic heterocycles. The molecule has 0 amide bonds. The predicted molar refractivity (Wildman–Crippen MR) is 344 cm³/mol. The van der Waals surface area contributed by atoms with Gasteiger partial charge in [-0.1, -0.05) is 280 Å². The average molecular weight is 1270 g/mol. The number of rotatable bonds is 65. The third-order valence-corrected chi connectivity index (χ3v) is 17.6. The molecule has 0 saturated heterocycles. The minimum Gasteiger partial charge on any atom is -0.462 e. The SMILES string of the molecule is CCCCCCCCCCC(=O)OC[C@H](COP(=O)(O)OC[C@H](O)COP(=O)(O)OC[C@@H](COC(=O)CCCCCCCCCCC(C)CC)OC(=O)CCCCCCCCCCCCCCCCC(C)C)OC(=O)CCCCCCCCC(C)C. The van der Waals surface area contributed by atoms with Crippen LogP contribution in [0, 0.1) is 17.8 Å². The topological polar surface area (TPSA) is 237 Å². The molecule has 0 spiro atoms. The van der Waals surface area contributed by atoms with Crippen LogP contribution in [0.2, 0.25) is 0 Å². The highest BCUT2D eigenvalue weighted by atomic mass is 31.2. The standard InChI is InChI=1S/C67H130O17P2/c1-8-10-11-12-13-26-34-41-48-64(69)77-55-63(84-67(72)51-44-37-30-29-32-39-46-59(5)6)57-82-86(75,76)80-53-61(68)52-79-85(73,74)81-56-62(54-78-65(70)49-42-35-27-23-22-25-33-40-47-60(7)9-2)83-66(71)50-43-36-28-21-19-17-15-14-16-18-20-24-31-38-45-58(3)4/h58-63,68H,8-57H2,1-7H3,(H,73,74)(H,75,76)/t60?,61-,62-,63-/m1/s1. The van der Waals surface area contributed by atoms with E-state index in [1.807, 2.05) is 0 Å². The van der Waals surface area contributed by atoms with E-state index in [-0.39, 0.29) is 25.7 Å². The van der Waals surface area contributed by atoms with Crippen LogP contribution in [0.5, 0.6) is 0 Å². The van der Waals surface area contributed by atoms with Gasteiger partial charge in [-0.3, -0.25) is 37.3 Å². The Morgan fingerprint density at radius 1 is 0.337 bits per heavy atom. The van der Waals surface area contributed by atoms with Gasteiger partial charge in [0.25, 0.3) is 0 Å². The van der Waals surface area contributed by atoms with Gasteiger partial charge in [-0.05, 0) is 43.4 Å². The van der Waals surface area contributed by atoms with Crippen LogP contribution in [0.15, 0.2) is 0 Å². The molecule has 0 heterocycles. The van der Waals surface area contributed by atoms with E-state index in [0.29, 0.717) is 31.6 Å². The molecule has 0 rings (SSSR count). The molecule has 17 nitrogen and oxygen atoms in total. The lowest BCUT2D eigenvalue weighted by Gasteiger charge is -2.21. The predicted octanol–water partition coefficient (Wildman–Crippen LogP) is 18.7. The van der Waals surface area contributed by atoms with Gasteiger partial charge < -0.3 is 33.8 Å². The summed E-state index contributed by atoms with van der Waals surface area (Å²) in [4.78, 5) is 72.3. The molecule has 0 aliphatic carbocycles. The molecule has 0 aromatic rings. The van der Waals surface area contributed by atoms with E-state index in [1.165, 1.54) is 135 Å². The third-order valence-electron chi connectivity index (χ3n) is 15.7. The number of aliphatic hydroxyl groups is 1. The fourth-order valence-corrected chi connectivity index (χ4v) is 11.6. The normalized spacial score (nSPS) is 14.6. The molecule has 6 atom stereocenters. The summed E-state index contributed by atoms with van der Waals surface area (Å²) in [6.07, 6.45) is 40.5. The van der Waals surface area contributed by atoms with Crippen molar-refractivity contribution >= 4 is 39.5 Å². The molecule has 0 saturated carbocycles. The highest BCUT2D eigenvalue weighted by Gasteiger charge is 2.30. The van der Waals surface area contributed by atoms with Crippen LogP contribution in [-0.2, 0) is 65.4 Å². The zero-order valence-corrected chi connectivity index (χ0v) is 57.6. The number of ether oxygens (including phenoxy) is 4. The molecule has 510 valence electrons. The Bertz CT molecular complexity index is 1700. The largest absolute Gasteiger partial charge is 0.472 e. The lowest BCUT2D eigenvalue weighted by molar-refractivity contribution is -0.161. The number of hydrogen-bond acceptors (Lipinski definition) is 15. The number of phosphoric ester groups is 2. The Kier molecular flexibility index (Phi) is 56.9. The molecule has 19 heteroatoms. The maximum atomic E-state index is 13.0. The number of esters is 4. The van der Waals surface area contributed by atoms with Crippen molar-refractivity contribution in [1.29, 1.82) is 0 Å². The first-order valence-electron chi connectivity index (χ1n) is 34.9. The summed E-state index contributed by atoms with van der Waals surface area (Å²) in [5.41, 5.74) is 0. The maximum absolute atomic E-state index is 13.0. The van der Waals surface area contributed by atoms with Gasteiger partial charge in [0.1, 0.15) is 19.3 Å². The first kappa shape index (κ1) is 84.1. The summed E-state index contributed by atoms with van der Waals surface area (Å²) in [6.45, 7) is 11.7. The maximum Gasteiger partial charge on any atom is 0.472 e. The Balaban J connectivity index is 5.21. The van der Waals surface area contributed by atoms with E-state index in [4.69, 9.17) is 37.0 Å². The summed E-state index contributed by atoms with van der Waals surface area (Å²) in [6, 6.07) is 0. The summed E-state index contributed by atoms with van der Waals surface area (Å²) in [5, 5.41) is 10.5. The second-order valence-electron chi connectivity index (χ2n) is 25.4. The van der Waals surface area contributed by atoms with Crippen LogP contribution >= 0.6 is 15.6 Å². The van der Waals surface area contributed by atoms with Crippen LogP contribution in [0.4, 0.5) is 0 Å². The van der Waals surface area contributed by atoms with Gasteiger partial charge >= 0.3 is 39.5 Å². The van der Waals surface area contributed by atoms with Crippen molar-refractivity contribution < 1.29 is 80.2 Å². The lowest BCUT2D eigenvalue weighted by atomic mass is 9.99. The second-order valence-corrected chi connectivity index (χ2v) is 28.3. The van der Waals surface area contributed by atoms with E-state index in [2.05, 4.69) is 48.5 Å². The minimum absolute atomic E-state index is 0.102. The van der Waals surface area contributed by atoms with Crippen molar-refractivity contribution in [3.63, 3.8) is 0 Å². The van der Waals surface area contributed by atoms with Crippen molar-refractivity contribution in [2.45, 2.75) is 349 Å². The van der Waals surface area contributed by atoms with Crippen LogP contribution in [0.1, 0.15) is 331 Å². The number of unbranched alkanes of at least 4 members (excludes halogenated alkanes) is 32. The molecule has 0 aliphatic rings. The molecule has 0 aromatic heterocycles. The van der Waals surface area contributed by atoms with Crippen molar-refractivity contribution in [2.75, 3.05) is 39.6 Å². The van der Waals surface area contributed by atoms with Crippen molar-refractivity contribution in [3.05, 3.63) is 0 Å². The molecule has 0 radical (unpaired) electrons. The minimum atomic E-state index is -4.95. The molecule has 0 fully saturated rings. The molecular weight excluding hydrogens is 1140 g/mol. The third kappa shape index (κ3) is 59.7. The highest BCUT2D eigenvalue weighted by Crippen LogP contribution is 2.45. The number of carbonyl (C=O) groups excluding carboxylic acids is 4. The van der Waals surface area contributed by atoms with Gasteiger partial charge in [0, 0.05) is 25.7 Å². The summed E-state index contributed by atoms with van der Waals surface area (Å²) >= 11 is 0. The number of aliphatic hydroxyl groups excluding tert-OH is 1. The van der Waals surface area contributed by atoms with Gasteiger partial charge in [0.2, 0.25) is 0 Å². The quantitative estimate of drug-likeness (QED) is 0.0222. The zero-order valence-electron chi connectivity index (χ0n) is 55.8. The molecule has 3 unspecified atom stereocenters. The molecule has 0 bridgehead atoms. The van der Waals surface area contributed by atoms with E-state index < -0.39 is 97.5 Å². The number of carbonyl (C=O) groups is 4. The second kappa shape index (κ2) is 58.2. The molecule has 3 N–H and O–H groups in total. The Morgan fingerprint density at radius 3 is 0.884 bits per heavy atom. The van der Waals surface area contributed by atoms with E-state index >= 15 is 0 Å². The number of phosphoric acid groups is 2. The summed E-state index contributed by atoms with van der Waals surface area (Å²) < 4.78 is 68.0. The first-order chi connectivity index (χ1) is 41.3. The summed E-state index contributed by atoms with van der Waals surface area (Å²) in [5.74, 6) is 0.105. The van der Waals surface area contributed by atoms with Crippen LogP contribution in [-0.4, -0.2) is 96.7 Å². The van der Waals surface area contributed by atoms with Crippen LogP contribution in [0.25, 0.3) is 0 Å². The Labute approximate surface area is 524 Å². The van der Waals surface area contributed by atoms with Gasteiger partial charge in [0.05, 0.1) is 26.4 Å². The molecule has 0 aromatic carbocycles. The monoisotopic (exact) mass is 1270 g/mol. The van der Waals surface area contributed by atoms with Gasteiger partial charge in [0.15, 0.2) is 12.2 Å². The van der Waals surface area contributed by atoms with Gasteiger partial charge in [-0.25, -0.2) is 9.13 Å². The lowest BCUT2D eigenvalue weighted by Crippen LogP contribution is -2.30.